The van der Waals surface area contributed by atoms with Crippen molar-refractivity contribution in [2.45, 2.75) is 83.3 Å². The molecule has 25 heavy (non-hydrogen) atoms. The summed E-state index contributed by atoms with van der Waals surface area (Å²) in [6.45, 7) is 18.0. The molecule has 0 fully saturated rings. The second kappa shape index (κ2) is 8.82. The van der Waals surface area contributed by atoms with Crippen LogP contribution in [-0.4, -0.2) is 37.0 Å². The Morgan fingerprint density at radius 2 is 1.48 bits per heavy atom. The van der Waals surface area contributed by atoms with Crippen LogP contribution in [-0.2, 0) is 14.9 Å². The Labute approximate surface area is 154 Å². The molecule has 0 radical (unpaired) electrons. The molecular weight excluding hydrogens is 356 g/mol. The van der Waals surface area contributed by atoms with E-state index in [-0.39, 0.29) is 23.5 Å². The molecule has 0 bridgehead atoms. The molecule has 0 aliphatic heterocycles. The van der Waals surface area contributed by atoms with Gasteiger partial charge in [0, 0.05) is 5.57 Å². The summed E-state index contributed by atoms with van der Waals surface area (Å²) in [5.74, 6) is -0.516. The van der Waals surface area contributed by atoms with E-state index in [0.717, 1.165) is 12.1 Å². The van der Waals surface area contributed by atoms with Crippen LogP contribution in [0.25, 0.3) is 0 Å². The third kappa shape index (κ3) is 6.87. The van der Waals surface area contributed by atoms with Crippen LogP contribution in [0.2, 0.25) is 17.1 Å². The molecule has 0 saturated heterocycles. The first-order valence-electron chi connectivity index (χ1n) is 8.92. The summed E-state index contributed by atoms with van der Waals surface area (Å²) < 4.78 is 34.9. The molecule has 0 saturated carbocycles. The number of aliphatic carboxylic acids is 1. The van der Waals surface area contributed by atoms with E-state index < -0.39 is 29.0 Å². The van der Waals surface area contributed by atoms with Gasteiger partial charge in [-0.25, -0.2) is 4.79 Å². The molecule has 0 heterocycles. The summed E-state index contributed by atoms with van der Waals surface area (Å²) in [6, 6.07) is 1.55. The molecule has 0 aromatic heterocycles. The monoisotopic (exact) mass is 392 g/mol. The van der Waals surface area contributed by atoms with Crippen molar-refractivity contribution in [3.05, 3.63) is 12.2 Å². The number of hydrogen-bond donors (Lipinski definition) is 2. The lowest BCUT2D eigenvalue weighted by atomic mass is 10.2. The van der Waals surface area contributed by atoms with E-state index in [0.29, 0.717) is 11.8 Å². The fourth-order valence-electron chi connectivity index (χ4n) is 4.02. The first-order valence-corrected chi connectivity index (χ1v) is 12.9. The van der Waals surface area contributed by atoms with Crippen molar-refractivity contribution in [3.8, 4) is 0 Å². The van der Waals surface area contributed by atoms with Gasteiger partial charge in [0.05, 0.1) is 12.9 Å². The fraction of sp³-hybridized carbons (Fsp3) is 0.833. The van der Waals surface area contributed by atoms with Crippen molar-refractivity contribution in [1.82, 2.24) is 0 Å². The summed E-state index contributed by atoms with van der Waals surface area (Å²) in [7, 11) is -6.85. The standard InChI is InChI=1S/C18H36O5SSi/c1-13(2)11-25(12-14(3)4,18(6,7)8)16(24(21,22)23)10-9-15(5)17(19)20/h13-14,16H,5,9-12H2,1-4,6-8H3,(H,19,20)(H,21,22,23). The van der Waals surface area contributed by atoms with Crippen LogP contribution in [0.4, 0.5) is 0 Å². The zero-order valence-electron chi connectivity index (χ0n) is 16.8. The Balaban J connectivity index is 6.23. The Kier molecular flexibility index (Phi) is 8.58. The average Bonchev–Trinajstić information content (AvgIpc) is 2.33. The summed E-state index contributed by atoms with van der Waals surface area (Å²) in [5, 5.41) is 8.81. The van der Waals surface area contributed by atoms with E-state index in [2.05, 4.69) is 55.0 Å². The molecule has 0 spiro atoms. The SMILES string of the molecule is C=C(CCC([Si](CC(C)C)(CC(C)C)C(C)(C)C)S(=O)(=O)O)C(=O)O. The highest BCUT2D eigenvalue weighted by atomic mass is 32.2. The largest absolute Gasteiger partial charge is 0.478 e. The highest BCUT2D eigenvalue weighted by molar-refractivity contribution is 7.88. The molecule has 0 aromatic rings. The van der Waals surface area contributed by atoms with Crippen LogP contribution in [0.3, 0.4) is 0 Å². The molecule has 148 valence electrons. The van der Waals surface area contributed by atoms with Gasteiger partial charge in [0.25, 0.3) is 10.1 Å². The number of carbonyl (C=O) groups is 1. The highest BCUT2D eigenvalue weighted by Gasteiger charge is 2.54. The highest BCUT2D eigenvalue weighted by Crippen LogP contribution is 2.49. The third-order valence-electron chi connectivity index (χ3n) is 5.03. The summed E-state index contributed by atoms with van der Waals surface area (Å²) in [5.41, 5.74) is -0.0143. The summed E-state index contributed by atoms with van der Waals surface area (Å²) in [4.78, 5) is 10.2. The normalized spacial score (nSPS) is 14.8. The van der Waals surface area contributed by atoms with Gasteiger partial charge in [0.15, 0.2) is 0 Å². The molecule has 2 N–H and O–H groups in total. The van der Waals surface area contributed by atoms with Crippen molar-refractivity contribution in [3.63, 3.8) is 0 Å². The van der Waals surface area contributed by atoms with E-state index in [1.165, 1.54) is 0 Å². The predicted molar refractivity (Wildman–Crippen MR) is 106 cm³/mol. The topological polar surface area (TPSA) is 91.7 Å². The summed E-state index contributed by atoms with van der Waals surface area (Å²) >= 11 is 0. The maximum atomic E-state index is 12.4. The van der Waals surface area contributed by atoms with Crippen molar-refractivity contribution in [2.75, 3.05) is 0 Å². The molecule has 1 atom stereocenters. The molecule has 0 aliphatic carbocycles. The minimum Gasteiger partial charge on any atom is -0.478 e. The Bertz CT molecular complexity index is 563. The zero-order valence-corrected chi connectivity index (χ0v) is 18.6. The minimum atomic E-state index is -4.29. The molecule has 1 unspecified atom stereocenters. The van der Waals surface area contributed by atoms with Crippen LogP contribution in [0, 0.1) is 11.8 Å². The Hall–Kier alpha value is -0.663. The molecular formula is C18H36O5SSi. The molecule has 0 aliphatic rings. The lowest BCUT2D eigenvalue weighted by molar-refractivity contribution is -0.132. The smallest absolute Gasteiger partial charge is 0.330 e. The molecule has 0 rings (SSSR count). The average molecular weight is 393 g/mol. The van der Waals surface area contributed by atoms with Gasteiger partial charge in [0.1, 0.15) is 0 Å². The second-order valence-electron chi connectivity index (χ2n) is 9.05. The van der Waals surface area contributed by atoms with Crippen LogP contribution >= 0.6 is 0 Å². The lowest BCUT2D eigenvalue weighted by Crippen LogP contribution is -2.59. The molecule has 7 heteroatoms. The summed E-state index contributed by atoms with van der Waals surface area (Å²) in [6.07, 6.45) is 0.188. The van der Waals surface area contributed by atoms with Gasteiger partial charge in [-0.3, -0.25) is 4.55 Å². The van der Waals surface area contributed by atoms with Gasteiger partial charge < -0.3 is 5.11 Å². The Morgan fingerprint density at radius 3 is 1.72 bits per heavy atom. The van der Waals surface area contributed by atoms with Gasteiger partial charge in [-0.05, 0) is 29.7 Å². The second-order valence-corrected chi connectivity index (χ2v) is 16.4. The van der Waals surface area contributed by atoms with Crippen molar-refractivity contribution >= 4 is 24.2 Å². The van der Waals surface area contributed by atoms with Crippen LogP contribution < -0.4 is 0 Å². The first-order chi connectivity index (χ1) is 11.0. The molecule has 0 amide bonds. The van der Waals surface area contributed by atoms with Gasteiger partial charge in [0.2, 0.25) is 0 Å². The molecule has 0 aromatic carbocycles. The van der Waals surface area contributed by atoms with Crippen LogP contribution in [0.1, 0.15) is 61.3 Å². The van der Waals surface area contributed by atoms with Crippen molar-refractivity contribution in [2.24, 2.45) is 11.8 Å². The Morgan fingerprint density at radius 1 is 1.08 bits per heavy atom. The lowest BCUT2D eigenvalue weighted by Gasteiger charge is -2.49. The fourth-order valence-corrected chi connectivity index (χ4v) is 14.8. The van der Waals surface area contributed by atoms with Gasteiger partial charge in [-0.2, -0.15) is 8.42 Å². The predicted octanol–water partition coefficient (Wildman–Crippen LogP) is 4.76. The first kappa shape index (κ1) is 24.3. The maximum Gasteiger partial charge on any atom is 0.330 e. The zero-order chi connectivity index (χ0) is 20.2. The van der Waals surface area contributed by atoms with Crippen LogP contribution in [0.15, 0.2) is 12.2 Å². The third-order valence-corrected chi connectivity index (χ3v) is 15.8. The maximum absolute atomic E-state index is 12.4. The van der Waals surface area contributed by atoms with Crippen LogP contribution in [0.5, 0.6) is 0 Å². The number of hydrogen-bond acceptors (Lipinski definition) is 3. The quantitative estimate of drug-likeness (QED) is 0.317. The van der Waals surface area contributed by atoms with Gasteiger partial charge >= 0.3 is 5.97 Å². The van der Waals surface area contributed by atoms with Crippen molar-refractivity contribution in [1.29, 1.82) is 0 Å². The number of carboxylic acids is 1. The van der Waals surface area contributed by atoms with Gasteiger partial charge in [-0.15, -0.1) is 0 Å². The molecule has 5 nitrogen and oxygen atoms in total. The number of rotatable bonds is 10. The van der Waals surface area contributed by atoms with E-state index >= 15 is 0 Å². The van der Waals surface area contributed by atoms with E-state index in [1.807, 2.05) is 0 Å². The van der Waals surface area contributed by atoms with Crippen molar-refractivity contribution < 1.29 is 22.9 Å². The van der Waals surface area contributed by atoms with E-state index in [9.17, 15) is 17.8 Å². The van der Waals surface area contributed by atoms with Gasteiger partial charge in [-0.1, -0.05) is 67.1 Å². The van der Waals surface area contributed by atoms with E-state index in [4.69, 9.17) is 5.11 Å². The van der Waals surface area contributed by atoms with E-state index in [1.54, 1.807) is 0 Å². The number of carboxylic acid groups (broad SMARTS) is 1. The minimum absolute atomic E-state index is 0.0143.